The van der Waals surface area contributed by atoms with Gasteiger partial charge in [-0.15, -0.1) is 13.2 Å². The van der Waals surface area contributed by atoms with E-state index in [2.05, 4.69) is 214 Å². The maximum absolute atomic E-state index is 6.89. The van der Waals surface area contributed by atoms with Crippen molar-refractivity contribution in [1.82, 2.24) is 4.57 Å². The van der Waals surface area contributed by atoms with Gasteiger partial charge in [0.05, 0.1) is 0 Å². The van der Waals surface area contributed by atoms with Gasteiger partial charge in [-0.2, -0.15) is 0 Å². The fraction of sp³-hybridized carbons (Fsp3) is 0.153. The molecule has 8 aromatic rings. The van der Waals surface area contributed by atoms with E-state index in [1.54, 1.807) is 12.2 Å². The highest BCUT2D eigenvalue weighted by molar-refractivity contribution is 5.87. The lowest BCUT2D eigenvalue weighted by atomic mass is 9.90. The summed E-state index contributed by atoms with van der Waals surface area (Å²) < 4.78 is 2.32. The van der Waals surface area contributed by atoms with Crippen LogP contribution in [0.3, 0.4) is 0 Å². The highest BCUT2D eigenvalue weighted by Gasteiger charge is 2.20. The van der Waals surface area contributed by atoms with E-state index in [4.69, 9.17) is 5.73 Å². The smallest absolute Gasteiger partial charge is 0.108 e. The fourth-order valence-corrected chi connectivity index (χ4v) is 7.88. The summed E-state index contributed by atoms with van der Waals surface area (Å²) in [6, 6.07) is 66.1. The topological polar surface area (TPSA) is 30.9 Å². The molecule has 2 N–H and O–H groups in total. The van der Waals surface area contributed by atoms with E-state index in [0.717, 1.165) is 35.5 Å². The van der Waals surface area contributed by atoms with Crippen LogP contribution in [0.5, 0.6) is 0 Å². The Balaban J connectivity index is 0.000000638. The first-order valence-corrected chi connectivity index (χ1v) is 21.7. The highest BCUT2D eigenvalue weighted by Crippen LogP contribution is 2.40. The fourth-order valence-electron chi connectivity index (χ4n) is 7.88. The summed E-state index contributed by atoms with van der Waals surface area (Å²) in [5.41, 5.74) is 25.0. The van der Waals surface area contributed by atoms with Gasteiger partial charge in [0.2, 0.25) is 0 Å². The van der Waals surface area contributed by atoms with E-state index >= 15 is 0 Å². The molecule has 0 unspecified atom stereocenters. The largest absolute Gasteiger partial charge is 0.385 e. The minimum atomic E-state index is 0.807. The molecule has 1 aliphatic rings. The van der Waals surface area contributed by atoms with E-state index in [1.807, 2.05) is 13.8 Å². The first-order chi connectivity index (χ1) is 29.9. The Kier molecular flexibility index (Phi) is 15.7. The zero-order valence-corrected chi connectivity index (χ0v) is 36.4. The van der Waals surface area contributed by atoms with Crippen molar-refractivity contribution in [1.29, 1.82) is 0 Å². The number of hydrogen-bond acceptors (Lipinski definition) is 1. The molecule has 7 aromatic carbocycles. The minimum absolute atomic E-state index is 0.807. The van der Waals surface area contributed by atoms with Gasteiger partial charge in [0, 0.05) is 11.4 Å². The number of benzene rings is 7. The van der Waals surface area contributed by atoms with Crippen molar-refractivity contribution in [3.63, 3.8) is 0 Å². The lowest BCUT2D eigenvalue weighted by molar-refractivity contribution is 0.664. The number of anilines is 1. The number of allylic oxidation sites excluding steroid dienone is 2. The zero-order valence-electron chi connectivity index (χ0n) is 36.4. The van der Waals surface area contributed by atoms with Gasteiger partial charge in [-0.3, -0.25) is 0 Å². The summed E-state index contributed by atoms with van der Waals surface area (Å²) in [6.07, 6.45) is 9.26. The van der Waals surface area contributed by atoms with Crippen molar-refractivity contribution >= 4 is 5.82 Å². The molecule has 0 radical (unpaired) electrons. The molecule has 0 atom stereocenters. The Bertz CT molecular complexity index is 2350. The maximum Gasteiger partial charge on any atom is 0.108 e. The van der Waals surface area contributed by atoms with Gasteiger partial charge in [0.25, 0.3) is 0 Å². The molecule has 0 fully saturated rings. The van der Waals surface area contributed by atoms with E-state index in [9.17, 15) is 0 Å². The van der Waals surface area contributed by atoms with Crippen molar-refractivity contribution in [3.8, 4) is 72.4 Å². The van der Waals surface area contributed by atoms with Gasteiger partial charge < -0.3 is 10.3 Å². The van der Waals surface area contributed by atoms with Crippen molar-refractivity contribution in [2.45, 2.75) is 59.8 Å². The summed E-state index contributed by atoms with van der Waals surface area (Å²) in [7, 11) is 0. The van der Waals surface area contributed by atoms with Crippen LogP contribution in [0.25, 0.3) is 72.4 Å². The van der Waals surface area contributed by atoms with Crippen LogP contribution in [0.1, 0.15) is 58.2 Å². The van der Waals surface area contributed by atoms with Crippen LogP contribution in [0, 0.1) is 0 Å². The summed E-state index contributed by atoms with van der Waals surface area (Å²) in [5, 5.41) is 0. The number of aromatic nitrogens is 1. The van der Waals surface area contributed by atoms with E-state index in [-0.39, 0.29) is 0 Å². The van der Waals surface area contributed by atoms with Crippen LogP contribution in [-0.2, 0) is 12.8 Å². The molecule has 306 valence electrons. The summed E-state index contributed by atoms with van der Waals surface area (Å²) >= 11 is 0. The van der Waals surface area contributed by atoms with E-state index in [0.29, 0.717) is 0 Å². The average molecular weight is 797 g/mol. The SMILES string of the molecule is C=CC.C=CC.CCC.Nc1cc2c(n1-c1cc(-c3cc(-c4ccccc4)cc(-c4ccccc4)c3)cc(-c3cc(-c4ccccc4)cc(-c4ccccc4)c3)c1)CCCC2. The number of fused-ring (bicyclic) bond motifs is 1. The van der Waals surface area contributed by atoms with Crippen LogP contribution in [0.2, 0.25) is 0 Å². The van der Waals surface area contributed by atoms with Gasteiger partial charge in [-0.05, 0) is 173 Å². The minimum Gasteiger partial charge on any atom is -0.385 e. The Morgan fingerprint density at radius 1 is 0.426 bits per heavy atom. The standard InChI is InChI=1S/C50H40N2.C3H8.2C3H6/c51-50-34-39-23-13-14-24-49(39)52(50)48-32-46(44-27-40(35-15-5-1-6-16-35)25-41(28-44)36-17-7-2-8-18-36)31-47(33-48)45-29-42(37-19-9-3-10-20-37)26-43(30-45)38-21-11-4-12-22-38;3*1-3-2/h1-12,15-22,25-34H,13-14,23-24,51H2;3H2,1-2H3;2*3H,1H2,2H3. The molecule has 61 heavy (non-hydrogen) atoms. The number of aryl methyl sites for hydroxylation is 1. The molecular formula is C59H60N2. The summed E-state index contributed by atoms with van der Waals surface area (Å²) in [5.74, 6) is 0.807. The molecule has 0 saturated heterocycles. The predicted octanol–water partition coefficient (Wildman–Crippen LogP) is 16.7. The quantitative estimate of drug-likeness (QED) is 0.160. The number of hydrogen-bond donors (Lipinski definition) is 1. The third-order valence-corrected chi connectivity index (χ3v) is 10.5. The molecule has 2 nitrogen and oxygen atoms in total. The van der Waals surface area contributed by atoms with Crippen LogP contribution in [0.4, 0.5) is 5.82 Å². The van der Waals surface area contributed by atoms with Crippen LogP contribution in [-0.4, -0.2) is 4.57 Å². The lowest BCUT2D eigenvalue weighted by Gasteiger charge is -2.19. The first-order valence-electron chi connectivity index (χ1n) is 21.7. The van der Waals surface area contributed by atoms with Gasteiger partial charge in [-0.25, -0.2) is 0 Å². The molecule has 0 aliphatic heterocycles. The molecule has 0 amide bonds. The lowest BCUT2D eigenvalue weighted by Crippen LogP contribution is -2.09. The average Bonchev–Trinajstić information content (AvgIpc) is 3.66. The van der Waals surface area contributed by atoms with E-state index in [1.165, 1.54) is 86.2 Å². The van der Waals surface area contributed by atoms with Crippen molar-refractivity contribution in [2.24, 2.45) is 0 Å². The van der Waals surface area contributed by atoms with Crippen LogP contribution < -0.4 is 5.73 Å². The first kappa shape index (κ1) is 43.7. The number of nitrogens with two attached hydrogens (primary N) is 1. The number of rotatable bonds is 7. The second-order valence-corrected chi connectivity index (χ2v) is 15.4. The summed E-state index contributed by atoms with van der Waals surface area (Å²) in [4.78, 5) is 0. The Hall–Kier alpha value is -6.90. The Morgan fingerprint density at radius 3 is 1.00 bits per heavy atom. The molecule has 1 heterocycles. The summed E-state index contributed by atoms with van der Waals surface area (Å²) in [6.45, 7) is 14.8. The molecule has 1 aliphatic carbocycles. The zero-order chi connectivity index (χ0) is 43.0. The van der Waals surface area contributed by atoms with Crippen molar-refractivity contribution < 1.29 is 0 Å². The third kappa shape index (κ3) is 11.0. The Labute approximate surface area is 365 Å². The predicted molar refractivity (Wildman–Crippen MR) is 267 cm³/mol. The highest BCUT2D eigenvalue weighted by atomic mass is 15.1. The monoisotopic (exact) mass is 796 g/mol. The maximum atomic E-state index is 6.89. The second kappa shape index (κ2) is 21.9. The second-order valence-electron chi connectivity index (χ2n) is 15.4. The molecule has 0 spiro atoms. The van der Waals surface area contributed by atoms with Gasteiger partial charge in [0.15, 0.2) is 0 Å². The van der Waals surface area contributed by atoms with Crippen LogP contribution in [0.15, 0.2) is 207 Å². The third-order valence-electron chi connectivity index (χ3n) is 10.5. The van der Waals surface area contributed by atoms with E-state index < -0.39 is 0 Å². The van der Waals surface area contributed by atoms with Gasteiger partial charge >= 0.3 is 0 Å². The van der Waals surface area contributed by atoms with Crippen LogP contribution >= 0.6 is 0 Å². The van der Waals surface area contributed by atoms with Crippen molar-refractivity contribution in [2.75, 3.05) is 5.73 Å². The molecule has 2 heteroatoms. The number of nitrogens with zero attached hydrogens (tertiary/aromatic N) is 1. The molecule has 1 aromatic heterocycles. The number of nitrogen functional groups attached to an aromatic ring is 1. The van der Waals surface area contributed by atoms with Gasteiger partial charge in [0.1, 0.15) is 5.82 Å². The molecular weight excluding hydrogens is 737 g/mol. The Morgan fingerprint density at radius 2 is 0.689 bits per heavy atom. The normalized spacial score (nSPS) is 11.3. The van der Waals surface area contributed by atoms with Crippen molar-refractivity contribution in [3.05, 3.63) is 219 Å². The molecule has 9 rings (SSSR count). The van der Waals surface area contributed by atoms with Gasteiger partial charge in [-0.1, -0.05) is 154 Å². The molecule has 0 saturated carbocycles. The molecule has 0 bridgehead atoms.